The van der Waals surface area contributed by atoms with Crippen molar-refractivity contribution in [3.8, 4) is 17.6 Å². The molecule has 0 saturated heterocycles. The molecule has 0 aliphatic heterocycles. The lowest BCUT2D eigenvalue weighted by atomic mass is 10.1. The van der Waals surface area contributed by atoms with E-state index in [-0.39, 0.29) is 11.3 Å². The van der Waals surface area contributed by atoms with E-state index in [4.69, 9.17) is 21.6 Å². The highest BCUT2D eigenvalue weighted by Gasteiger charge is 2.10. The van der Waals surface area contributed by atoms with Crippen LogP contribution in [0.25, 0.3) is 6.08 Å². The van der Waals surface area contributed by atoms with Gasteiger partial charge in [-0.1, -0.05) is 23.7 Å². The Morgan fingerprint density at radius 2 is 2.13 bits per heavy atom. The molecule has 2 rings (SSSR count). The van der Waals surface area contributed by atoms with E-state index < -0.39 is 5.91 Å². The Morgan fingerprint density at radius 1 is 1.35 bits per heavy atom. The summed E-state index contributed by atoms with van der Waals surface area (Å²) in [5.74, 6) is -0.331. The molecule has 0 spiro atoms. The minimum absolute atomic E-state index is 0.0752. The zero-order chi connectivity index (χ0) is 16.8. The molecule has 23 heavy (non-hydrogen) atoms. The van der Waals surface area contributed by atoms with E-state index in [0.717, 1.165) is 0 Å². The van der Waals surface area contributed by atoms with Gasteiger partial charge in [0.15, 0.2) is 11.5 Å². The lowest BCUT2D eigenvalue weighted by molar-refractivity contribution is -0.112. The molecule has 2 aromatic carbocycles. The summed E-state index contributed by atoms with van der Waals surface area (Å²) < 4.78 is 4.94. The second-order valence-corrected chi connectivity index (χ2v) is 5.00. The fourth-order valence-corrected chi connectivity index (χ4v) is 2.07. The number of ether oxygens (including phenoxy) is 1. The van der Waals surface area contributed by atoms with Gasteiger partial charge in [-0.25, -0.2) is 0 Å². The van der Waals surface area contributed by atoms with Crippen molar-refractivity contribution in [1.29, 1.82) is 5.26 Å². The number of amides is 1. The van der Waals surface area contributed by atoms with Gasteiger partial charge in [0.05, 0.1) is 7.11 Å². The molecule has 0 aliphatic carbocycles. The number of rotatable bonds is 4. The predicted molar refractivity (Wildman–Crippen MR) is 88.3 cm³/mol. The minimum atomic E-state index is -0.565. The topological polar surface area (TPSA) is 82.3 Å². The molecule has 0 aromatic heterocycles. The number of phenols is 1. The average Bonchev–Trinajstić information content (AvgIpc) is 2.52. The van der Waals surface area contributed by atoms with Crippen molar-refractivity contribution < 1.29 is 14.6 Å². The van der Waals surface area contributed by atoms with Gasteiger partial charge in [-0.15, -0.1) is 0 Å². The second kappa shape index (κ2) is 7.34. The number of benzene rings is 2. The van der Waals surface area contributed by atoms with Crippen molar-refractivity contribution in [3.63, 3.8) is 0 Å². The summed E-state index contributed by atoms with van der Waals surface area (Å²) >= 11 is 5.85. The Kier molecular flexibility index (Phi) is 5.23. The maximum absolute atomic E-state index is 12.1. The smallest absolute Gasteiger partial charge is 0.266 e. The number of methoxy groups -OCH3 is 1. The zero-order valence-electron chi connectivity index (χ0n) is 12.2. The molecule has 0 atom stereocenters. The number of aromatic hydroxyl groups is 1. The lowest BCUT2D eigenvalue weighted by Crippen LogP contribution is -2.13. The fourth-order valence-electron chi connectivity index (χ4n) is 1.88. The summed E-state index contributed by atoms with van der Waals surface area (Å²) in [5.41, 5.74) is 0.886. The number of carbonyl (C=O) groups is 1. The van der Waals surface area contributed by atoms with Crippen LogP contribution in [0.2, 0.25) is 5.02 Å². The number of hydrogen-bond acceptors (Lipinski definition) is 4. The highest BCUT2D eigenvalue weighted by molar-refractivity contribution is 6.31. The van der Waals surface area contributed by atoms with Gasteiger partial charge in [0.2, 0.25) is 0 Å². The van der Waals surface area contributed by atoms with Crippen molar-refractivity contribution in [1.82, 2.24) is 0 Å². The number of nitrogens with one attached hydrogen (secondary N) is 1. The first kappa shape index (κ1) is 16.4. The van der Waals surface area contributed by atoms with E-state index in [1.165, 1.54) is 19.3 Å². The summed E-state index contributed by atoms with van der Waals surface area (Å²) in [5, 5.41) is 22.0. The molecular formula is C17H13ClN2O3. The molecule has 2 aromatic rings. The van der Waals surface area contributed by atoms with Crippen molar-refractivity contribution in [2.24, 2.45) is 0 Å². The van der Waals surface area contributed by atoms with Crippen LogP contribution in [0.4, 0.5) is 5.69 Å². The van der Waals surface area contributed by atoms with Crippen LogP contribution in [-0.2, 0) is 4.79 Å². The molecule has 0 heterocycles. The SMILES string of the molecule is COc1ccc(/C=C(\C#N)C(=O)Nc2cccc(Cl)c2)cc1O. The van der Waals surface area contributed by atoms with Crippen LogP contribution in [0.15, 0.2) is 48.0 Å². The Morgan fingerprint density at radius 3 is 2.74 bits per heavy atom. The van der Waals surface area contributed by atoms with Gasteiger partial charge >= 0.3 is 0 Å². The number of anilines is 1. The molecule has 116 valence electrons. The molecule has 2 N–H and O–H groups in total. The molecule has 0 bridgehead atoms. The van der Waals surface area contributed by atoms with E-state index in [1.807, 2.05) is 6.07 Å². The standard InChI is InChI=1S/C17H13ClN2O3/c1-23-16-6-5-11(8-15(16)21)7-12(10-19)17(22)20-14-4-2-3-13(18)9-14/h2-9,21H,1H3,(H,20,22)/b12-7+. The van der Waals surface area contributed by atoms with Gasteiger partial charge in [0.25, 0.3) is 5.91 Å². The van der Waals surface area contributed by atoms with Gasteiger partial charge in [-0.05, 0) is 42.0 Å². The summed E-state index contributed by atoms with van der Waals surface area (Å²) in [6.07, 6.45) is 1.37. The summed E-state index contributed by atoms with van der Waals surface area (Å²) in [6.45, 7) is 0. The molecule has 6 heteroatoms. The molecule has 0 fully saturated rings. The van der Waals surface area contributed by atoms with Crippen molar-refractivity contribution in [3.05, 3.63) is 58.6 Å². The molecule has 5 nitrogen and oxygen atoms in total. The Hall–Kier alpha value is -2.97. The number of phenolic OH excluding ortho intramolecular Hbond substituents is 1. The predicted octanol–water partition coefficient (Wildman–Crippen LogP) is 3.60. The monoisotopic (exact) mass is 328 g/mol. The lowest BCUT2D eigenvalue weighted by Gasteiger charge is -2.06. The Labute approximate surface area is 138 Å². The quantitative estimate of drug-likeness (QED) is 0.663. The van der Waals surface area contributed by atoms with E-state index in [9.17, 15) is 9.90 Å². The Bertz CT molecular complexity index is 810. The van der Waals surface area contributed by atoms with Crippen LogP contribution in [0.3, 0.4) is 0 Å². The molecule has 0 radical (unpaired) electrons. The summed E-state index contributed by atoms with van der Waals surface area (Å²) in [7, 11) is 1.43. The van der Waals surface area contributed by atoms with E-state index in [0.29, 0.717) is 22.0 Å². The second-order valence-electron chi connectivity index (χ2n) is 4.57. The third-order valence-electron chi connectivity index (χ3n) is 2.96. The number of nitriles is 1. The molecular weight excluding hydrogens is 316 g/mol. The van der Waals surface area contributed by atoms with Crippen molar-refractivity contribution in [2.45, 2.75) is 0 Å². The van der Waals surface area contributed by atoms with Gasteiger partial charge in [-0.3, -0.25) is 4.79 Å². The Balaban J connectivity index is 2.23. The van der Waals surface area contributed by atoms with E-state index in [2.05, 4.69) is 5.32 Å². The molecule has 0 saturated carbocycles. The first-order chi connectivity index (χ1) is 11.0. The average molecular weight is 329 g/mol. The van der Waals surface area contributed by atoms with Gasteiger partial charge in [0, 0.05) is 10.7 Å². The molecule has 0 unspecified atom stereocenters. The van der Waals surface area contributed by atoms with Gasteiger partial charge < -0.3 is 15.2 Å². The van der Waals surface area contributed by atoms with Crippen molar-refractivity contribution in [2.75, 3.05) is 12.4 Å². The molecule has 0 aliphatic rings. The highest BCUT2D eigenvalue weighted by Crippen LogP contribution is 2.27. The number of carbonyl (C=O) groups excluding carboxylic acids is 1. The normalized spacial score (nSPS) is 10.7. The third kappa shape index (κ3) is 4.25. The first-order valence-corrected chi connectivity index (χ1v) is 6.97. The maximum atomic E-state index is 12.1. The van der Waals surface area contributed by atoms with Crippen molar-refractivity contribution >= 4 is 29.3 Å². The van der Waals surface area contributed by atoms with Crippen LogP contribution in [0, 0.1) is 11.3 Å². The molecule has 1 amide bonds. The zero-order valence-corrected chi connectivity index (χ0v) is 13.0. The van der Waals surface area contributed by atoms with Crippen LogP contribution >= 0.6 is 11.6 Å². The largest absolute Gasteiger partial charge is 0.504 e. The maximum Gasteiger partial charge on any atom is 0.266 e. The first-order valence-electron chi connectivity index (χ1n) is 6.59. The minimum Gasteiger partial charge on any atom is -0.504 e. The van der Waals surface area contributed by atoms with Crippen LogP contribution < -0.4 is 10.1 Å². The van der Waals surface area contributed by atoms with E-state index >= 15 is 0 Å². The summed E-state index contributed by atoms with van der Waals surface area (Å²) in [6, 6.07) is 13.0. The number of nitrogens with zero attached hydrogens (tertiary/aromatic N) is 1. The highest BCUT2D eigenvalue weighted by atomic mass is 35.5. The van der Waals surface area contributed by atoms with Gasteiger partial charge in [-0.2, -0.15) is 5.26 Å². The third-order valence-corrected chi connectivity index (χ3v) is 3.20. The number of halogens is 1. The van der Waals surface area contributed by atoms with Crippen LogP contribution in [0.1, 0.15) is 5.56 Å². The van der Waals surface area contributed by atoms with Gasteiger partial charge in [0.1, 0.15) is 11.6 Å². The summed E-state index contributed by atoms with van der Waals surface area (Å²) in [4.78, 5) is 12.1. The number of hydrogen-bond donors (Lipinski definition) is 2. The van der Waals surface area contributed by atoms with Crippen LogP contribution in [-0.4, -0.2) is 18.1 Å². The fraction of sp³-hybridized carbons (Fsp3) is 0.0588. The van der Waals surface area contributed by atoms with E-state index in [1.54, 1.807) is 36.4 Å². The van der Waals surface area contributed by atoms with Crippen LogP contribution in [0.5, 0.6) is 11.5 Å².